The molecule has 5 saturated heterocycles. The van der Waals surface area contributed by atoms with Gasteiger partial charge in [0.2, 0.25) is 0 Å². The maximum absolute atomic E-state index is 11.8. The number of hydrogen-bond donors (Lipinski definition) is 0. The molecule has 5 fully saturated rings. The fraction of sp³-hybridized carbons (Fsp3) is 0.595. The van der Waals surface area contributed by atoms with E-state index in [2.05, 4.69) is 78.2 Å². The molecule has 2 aromatic carbocycles. The van der Waals surface area contributed by atoms with Crippen LogP contribution in [0.3, 0.4) is 0 Å². The lowest BCUT2D eigenvalue weighted by Crippen LogP contribution is -3.00. The van der Waals surface area contributed by atoms with Gasteiger partial charge in [0, 0.05) is 56.3 Å². The van der Waals surface area contributed by atoms with Crippen LogP contribution >= 0.6 is 12.4 Å². The Morgan fingerprint density at radius 3 is 2.17 bits per heavy atom. The van der Waals surface area contributed by atoms with Crippen LogP contribution in [0.4, 0.5) is 0 Å². The molecule has 2 aromatic rings. The van der Waals surface area contributed by atoms with Crippen molar-refractivity contribution in [2.24, 2.45) is 17.8 Å². The number of ketones is 2. The Hall–Kier alpha value is -2.29. The molecule has 5 heterocycles. The van der Waals surface area contributed by atoms with Crippen molar-refractivity contribution in [1.29, 1.82) is 0 Å². The number of ether oxygens (including phenoxy) is 1. The molecule has 46 heavy (non-hydrogen) atoms. The van der Waals surface area contributed by atoms with Gasteiger partial charge in [0.15, 0.2) is 5.78 Å². The molecular formula is C37H53Cl2N3O4. The minimum Gasteiger partial charge on any atom is -1.00 e. The summed E-state index contributed by atoms with van der Waals surface area (Å²) in [6, 6.07) is 22.1. The molecule has 7 rings (SSSR count). The number of Topliss-reactive ketones (excluding diaryl/α,β-unsaturated/α-hetero) is 2. The van der Waals surface area contributed by atoms with Gasteiger partial charge in [-0.1, -0.05) is 60.7 Å². The largest absolute Gasteiger partial charge is 1.00 e. The molecule has 7 nitrogen and oxygen atoms in total. The van der Waals surface area contributed by atoms with Gasteiger partial charge in [-0.3, -0.25) is 24.2 Å². The third-order valence-corrected chi connectivity index (χ3v) is 10.8. The number of likely N-dealkylation sites (tertiary alicyclic amines) is 1. The van der Waals surface area contributed by atoms with E-state index in [-0.39, 0.29) is 30.8 Å². The van der Waals surface area contributed by atoms with E-state index in [4.69, 9.17) is 4.74 Å². The maximum atomic E-state index is 11.8. The lowest BCUT2D eigenvalue weighted by atomic mass is 9.96. The Labute approximate surface area is 288 Å². The van der Waals surface area contributed by atoms with Crippen molar-refractivity contribution in [3.8, 4) is 0 Å². The molecule has 5 aliphatic heterocycles. The number of carbonyl (C=O) groups excluding carboxylic acids is 3. The van der Waals surface area contributed by atoms with Crippen molar-refractivity contribution in [3.63, 3.8) is 0 Å². The van der Waals surface area contributed by atoms with E-state index >= 15 is 0 Å². The number of carbonyl (C=O) groups is 3. The second-order valence-electron chi connectivity index (χ2n) is 13.9. The normalized spacial score (nSPS) is 29.1. The number of fused-ring (bicyclic) bond motifs is 4. The fourth-order valence-electron chi connectivity index (χ4n) is 8.22. The minimum atomic E-state index is -0.0887. The smallest absolute Gasteiger partial charge is 0.305 e. The van der Waals surface area contributed by atoms with Crippen molar-refractivity contribution in [3.05, 3.63) is 71.8 Å². The number of esters is 1. The molecular weight excluding hydrogens is 621 g/mol. The highest BCUT2D eigenvalue weighted by Gasteiger charge is 2.48. The first-order valence-corrected chi connectivity index (χ1v) is 16.8. The predicted molar refractivity (Wildman–Crippen MR) is 180 cm³/mol. The Bertz CT molecular complexity index is 1250. The van der Waals surface area contributed by atoms with Gasteiger partial charge >= 0.3 is 5.97 Å². The zero-order chi connectivity index (χ0) is 31.1. The molecule has 254 valence electrons. The molecule has 4 bridgehead atoms. The number of halogens is 2. The summed E-state index contributed by atoms with van der Waals surface area (Å²) in [6.45, 7) is 12.8. The molecule has 9 heteroatoms. The first kappa shape index (κ1) is 38.2. The van der Waals surface area contributed by atoms with Gasteiger partial charge in [-0.25, -0.2) is 0 Å². The SMILES string of the molecule is COC(=O)C[C@H]1CCN([C@@H](C)c2ccccc2)C1.C[C@@H](c1ccccc1)[N+]12CC[C@H](CC(=O)C1)C2.Cl.O=C1C[C@H]2CCN(C1)C2.[Cl-]. The number of hydrogen-bond acceptors (Lipinski definition) is 6. The van der Waals surface area contributed by atoms with Crippen molar-refractivity contribution < 1.29 is 36.0 Å². The average molecular weight is 675 g/mol. The van der Waals surface area contributed by atoms with Crippen LogP contribution in [0.15, 0.2) is 60.7 Å². The topological polar surface area (TPSA) is 66.9 Å². The van der Waals surface area contributed by atoms with Gasteiger partial charge in [0.1, 0.15) is 18.4 Å². The Morgan fingerprint density at radius 2 is 1.52 bits per heavy atom. The lowest BCUT2D eigenvalue weighted by Gasteiger charge is -2.42. The molecule has 0 spiro atoms. The van der Waals surface area contributed by atoms with Crippen LogP contribution in [0.5, 0.6) is 0 Å². The van der Waals surface area contributed by atoms with Gasteiger partial charge < -0.3 is 21.6 Å². The lowest BCUT2D eigenvalue weighted by molar-refractivity contribution is -0.940. The number of nitrogens with zero attached hydrogens (tertiary/aromatic N) is 3. The number of rotatable bonds is 6. The zero-order valence-electron chi connectivity index (χ0n) is 27.8. The first-order chi connectivity index (χ1) is 21.2. The summed E-state index contributed by atoms with van der Waals surface area (Å²) in [5.41, 5.74) is 2.72. The van der Waals surface area contributed by atoms with Crippen LogP contribution in [0.25, 0.3) is 0 Å². The van der Waals surface area contributed by atoms with Crippen molar-refractivity contribution in [2.45, 2.75) is 64.5 Å². The third-order valence-electron chi connectivity index (χ3n) is 10.8. The van der Waals surface area contributed by atoms with E-state index in [0.29, 0.717) is 47.8 Å². The molecule has 0 radical (unpaired) electrons. The quantitative estimate of drug-likeness (QED) is 0.347. The van der Waals surface area contributed by atoms with E-state index in [1.165, 1.54) is 50.7 Å². The second-order valence-corrected chi connectivity index (χ2v) is 13.9. The van der Waals surface area contributed by atoms with Gasteiger partial charge in [-0.05, 0) is 57.2 Å². The molecule has 0 amide bonds. The predicted octanol–water partition coefficient (Wildman–Crippen LogP) is 2.90. The van der Waals surface area contributed by atoms with Crippen molar-refractivity contribution >= 4 is 29.9 Å². The summed E-state index contributed by atoms with van der Waals surface area (Å²) in [6.07, 6.45) is 5.83. The van der Waals surface area contributed by atoms with Crippen molar-refractivity contribution in [2.75, 3.05) is 59.5 Å². The highest BCUT2D eigenvalue weighted by Crippen LogP contribution is 2.40. The number of methoxy groups -OCH3 is 1. The molecule has 0 aromatic heterocycles. The Kier molecular flexibility index (Phi) is 14.7. The van der Waals surface area contributed by atoms with E-state index < -0.39 is 0 Å². The highest BCUT2D eigenvalue weighted by molar-refractivity contribution is 5.85. The van der Waals surface area contributed by atoms with Gasteiger partial charge in [-0.15, -0.1) is 12.4 Å². The van der Waals surface area contributed by atoms with E-state index in [9.17, 15) is 14.4 Å². The maximum Gasteiger partial charge on any atom is 0.305 e. The van der Waals surface area contributed by atoms with Crippen molar-refractivity contribution in [1.82, 2.24) is 9.80 Å². The first-order valence-electron chi connectivity index (χ1n) is 16.8. The summed E-state index contributed by atoms with van der Waals surface area (Å²) in [4.78, 5) is 38.7. The molecule has 2 unspecified atom stereocenters. The van der Waals surface area contributed by atoms with Gasteiger partial charge in [0.25, 0.3) is 0 Å². The second kappa shape index (κ2) is 17.7. The van der Waals surface area contributed by atoms with Crippen LogP contribution in [0.2, 0.25) is 0 Å². The fourth-order valence-corrected chi connectivity index (χ4v) is 8.22. The van der Waals surface area contributed by atoms with E-state index in [1.54, 1.807) is 0 Å². The van der Waals surface area contributed by atoms with Crippen LogP contribution in [0, 0.1) is 17.8 Å². The van der Waals surface area contributed by atoms with Crippen LogP contribution in [0.1, 0.15) is 75.6 Å². The third kappa shape index (κ3) is 9.86. The van der Waals surface area contributed by atoms with Crippen LogP contribution in [-0.4, -0.2) is 91.3 Å². The summed E-state index contributed by atoms with van der Waals surface area (Å²) in [5, 5.41) is 0. The molecule has 0 saturated carbocycles. The summed E-state index contributed by atoms with van der Waals surface area (Å²) >= 11 is 0. The minimum absolute atomic E-state index is 0. The Morgan fingerprint density at radius 1 is 0.870 bits per heavy atom. The van der Waals surface area contributed by atoms with Crippen LogP contribution < -0.4 is 12.4 Å². The standard InChI is InChI=1S/C15H21NO2.C15H20NO.C7H11NO.2ClH/c1-12(14-6-4-3-5-7-14)16-9-8-13(11-16)10-15(17)18-2;1-12(14-5-3-2-4-6-14)16-8-7-13(10-16)9-15(17)11-16;9-7-3-6-1-2-8(4-6)5-7;;/h3-7,12-13H,8-11H2,1-2H3;2-6,12-13H,7-11H2,1H3;6H,1-5H2;2*1H/q;+1;;;/p-1/t12-,13+;12-,13+,16?;6-;;/m001../s1. The monoisotopic (exact) mass is 673 g/mol. The van der Waals surface area contributed by atoms with E-state index in [1.807, 2.05) is 6.07 Å². The van der Waals surface area contributed by atoms with Crippen LogP contribution in [-0.2, 0) is 19.1 Å². The number of piperidine rings is 2. The highest BCUT2D eigenvalue weighted by atomic mass is 35.5. The van der Waals surface area contributed by atoms with E-state index in [0.717, 1.165) is 56.5 Å². The zero-order valence-corrected chi connectivity index (χ0v) is 29.4. The summed E-state index contributed by atoms with van der Waals surface area (Å²) in [7, 11) is 1.46. The molecule has 5 aliphatic rings. The Balaban J connectivity index is 0.000000192. The molecule has 0 aliphatic carbocycles. The molecule has 7 atom stereocenters. The van der Waals surface area contributed by atoms with Gasteiger partial charge in [-0.2, -0.15) is 0 Å². The summed E-state index contributed by atoms with van der Waals surface area (Å²) in [5.74, 6) is 2.65. The number of quaternary nitrogens is 1. The summed E-state index contributed by atoms with van der Waals surface area (Å²) < 4.78 is 5.74. The molecule has 0 N–H and O–H groups in total. The van der Waals surface area contributed by atoms with Gasteiger partial charge in [0.05, 0.1) is 26.7 Å². The average Bonchev–Trinajstić information content (AvgIpc) is 3.74. The number of benzene rings is 2.